The average Bonchev–Trinajstić information content (AvgIpc) is 2.92. The molecule has 1 unspecified atom stereocenters. The quantitative estimate of drug-likeness (QED) is 0.757. The molecule has 3 N–H and O–H groups in total. The summed E-state index contributed by atoms with van der Waals surface area (Å²) in [6, 6.07) is 1.56. The van der Waals surface area contributed by atoms with Gasteiger partial charge in [-0.3, -0.25) is 0 Å². The van der Waals surface area contributed by atoms with Crippen molar-refractivity contribution in [2.75, 3.05) is 31.9 Å². The van der Waals surface area contributed by atoms with Crippen LogP contribution in [0.25, 0.3) is 0 Å². The van der Waals surface area contributed by atoms with E-state index in [0.717, 1.165) is 5.82 Å². The Labute approximate surface area is 122 Å². The Bertz CT molecular complexity index is 587. The van der Waals surface area contributed by atoms with Crippen molar-refractivity contribution in [2.45, 2.75) is 19.5 Å². The maximum Gasteiger partial charge on any atom is 0.225 e. The smallest absolute Gasteiger partial charge is 0.225 e. The van der Waals surface area contributed by atoms with Crippen LogP contribution in [-0.2, 0) is 11.3 Å². The molecule has 2 aromatic rings. The van der Waals surface area contributed by atoms with E-state index >= 15 is 0 Å². The van der Waals surface area contributed by atoms with Crippen molar-refractivity contribution in [3.63, 3.8) is 0 Å². The molecule has 0 bridgehead atoms. The molecule has 0 aliphatic carbocycles. The molecular weight excluding hydrogens is 274 g/mol. The zero-order valence-electron chi connectivity index (χ0n) is 12.3. The first kappa shape index (κ1) is 15.0. The van der Waals surface area contributed by atoms with Crippen LogP contribution >= 0.6 is 0 Å². The molecule has 0 aliphatic heterocycles. The van der Waals surface area contributed by atoms with Gasteiger partial charge in [0.2, 0.25) is 11.8 Å². The molecule has 0 aliphatic rings. The Kier molecular flexibility index (Phi) is 4.88. The van der Waals surface area contributed by atoms with E-state index < -0.39 is 0 Å². The van der Waals surface area contributed by atoms with Crippen molar-refractivity contribution in [3.05, 3.63) is 18.2 Å². The molecule has 0 spiro atoms. The second-order valence-corrected chi connectivity index (χ2v) is 4.40. The Morgan fingerprint density at radius 1 is 1.38 bits per heavy atom. The molecule has 21 heavy (non-hydrogen) atoms. The highest BCUT2D eigenvalue weighted by molar-refractivity contribution is 5.43. The van der Waals surface area contributed by atoms with Crippen LogP contribution in [0, 0.1) is 0 Å². The maximum absolute atomic E-state index is 5.63. The summed E-state index contributed by atoms with van der Waals surface area (Å²) >= 11 is 0. The molecule has 9 heteroatoms. The monoisotopic (exact) mass is 293 g/mol. The highest BCUT2D eigenvalue weighted by Crippen LogP contribution is 2.19. The molecule has 2 rings (SSSR count). The number of hydrogen-bond donors (Lipinski definition) is 2. The van der Waals surface area contributed by atoms with Crippen molar-refractivity contribution < 1.29 is 9.47 Å². The molecule has 0 fully saturated rings. The second-order valence-electron chi connectivity index (χ2n) is 4.40. The van der Waals surface area contributed by atoms with Crippen LogP contribution in [0.5, 0.6) is 5.88 Å². The summed E-state index contributed by atoms with van der Waals surface area (Å²) < 4.78 is 12.0. The van der Waals surface area contributed by atoms with Crippen molar-refractivity contribution in [1.29, 1.82) is 0 Å². The van der Waals surface area contributed by atoms with Gasteiger partial charge in [0.15, 0.2) is 5.82 Å². The number of hydrogen-bond acceptors (Lipinski definition) is 8. The van der Waals surface area contributed by atoms with E-state index in [9.17, 15) is 0 Å². The van der Waals surface area contributed by atoms with Crippen molar-refractivity contribution in [3.8, 4) is 5.88 Å². The first-order valence-corrected chi connectivity index (χ1v) is 6.45. The molecule has 0 amide bonds. The lowest BCUT2D eigenvalue weighted by Gasteiger charge is -2.15. The van der Waals surface area contributed by atoms with Crippen LogP contribution in [-0.4, -0.2) is 45.6 Å². The minimum Gasteiger partial charge on any atom is -0.481 e. The van der Waals surface area contributed by atoms with Gasteiger partial charge in [0.05, 0.1) is 19.8 Å². The van der Waals surface area contributed by atoms with Gasteiger partial charge in [0.25, 0.3) is 0 Å². The molecule has 0 aromatic carbocycles. The largest absolute Gasteiger partial charge is 0.481 e. The van der Waals surface area contributed by atoms with E-state index in [4.69, 9.17) is 15.2 Å². The summed E-state index contributed by atoms with van der Waals surface area (Å²) in [6.07, 6.45) is 1.67. The Balaban J connectivity index is 2.12. The van der Waals surface area contributed by atoms with Gasteiger partial charge in [0, 0.05) is 19.7 Å². The predicted molar refractivity (Wildman–Crippen MR) is 76.9 cm³/mol. The lowest BCUT2D eigenvalue weighted by atomic mass is 10.3. The van der Waals surface area contributed by atoms with Gasteiger partial charge < -0.3 is 25.1 Å². The van der Waals surface area contributed by atoms with Crippen LogP contribution in [0.15, 0.2) is 12.4 Å². The average molecular weight is 293 g/mol. The first-order chi connectivity index (χ1) is 10.1. The number of nitrogens with one attached hydrogen (secondary N) is 1. The molecule has 2 heterocycles. The van der Waals surface area contributed by atoms with E-state index in [2.05, 4.69) is 25.5 Å². The van der Waals surface area contributed by atoms with Crippen LogP contribution < -0.4 is 15.8 Å². The topological polar surface area (TPSA) is 113 Å². The molecular formula is C12H19N7O2. The first-order valence-electron chi connectivity index (χ1n) is 6.45. The SMILES string of the molecule is COCCn1cnnc1C(C)Nc1cc(OC)nc(N)n1. The maximum atomic E-state index is 5.63. The highest BCUT2D eigenvalue weighted by Gasteiger charge is 2.14. The third-order valence-corrected chi connectivity index (χ3v) is 2.86. The summed E-state index contributed by atoms with van der Waals surface area (Å²) in [6.45, 7) is 3.23. The van der Waals surface area contributed by atoms with Crippen LogP contribution in [0.1, 0.15) is 18.8 Å². The van der Waals surface area contributed by atoms with Gasteiger partial charge in [-0.2, -0.15) is 9.97 Å². The highest BCUT2D eigenvalue weighted by atomic mass is 16.5. The van der Waals surface area contributed by atoms with Gasteiger partial charge in [-0.25, -0.2) is 0 Å². The van der Waals surface area contributed by atoms with Gasteiger partial charge in [-0.15, -0.1) is 10.2 Å². The van der Waals surface area contributed by atoms with Crippen LogP contribution in [0.3, 0.4) is 0 Å². The molecule has 114 valence electrons. The van der Waals surface area contributed by atoms with Gasteiger partial charge in [-0.05, 0) is 6.92 Å². The Hall–Kier alpha value is -2.42. The van der Waals surface area contributed by atoms with Gasteiger partial charge in [-0.1, -0.05) is 0 Å². The number of methoxy groups -OCH3 is 2. The minimum atomic E-state index is -0.108. The lowest BCUT2D eigenvalue weighted by Crippen LogP contribution is -2.16. The fourth-order valence-electron chi connectivity index (χ4n) is 1.87. The van der Waals surface area contributed by atoms with Gasteiger partial charge >= 0.3 is 0 Å². The standard InChI is InChI=1S/C12H19N7O2/c1-8(11-18-14-7-19(11)4-5-20-2)15-9-6-10(21-3)17-12(13)16-9/h6-8H,4-5H2,1-3H3,(H3,13,15,16,17). The fraction of sp³-hybridized carbons (Fsp3) is 0.500. The van der Waals surface area contributed by atoms with E-state index in [0.29, 0.717) is 24.8 Å². The molecule has 9 nitrogen and oxygen atoms in total. The summed E-state index contributed by atoms with van der Waals surface area (Å²) in [5.41, 5.74) is 5.63. The fourth-order valence-corrected chi connectivity index (χ4v) is 1.87. The number of anilines is 2. The number of ether oxygens (including phenoxy) is 2. The van der Waals surface area contributed by atoms with Crippen molar-refractivity contribution >= 4 is 11.8 Å². The predicted octanol–water partition coefficient (Wildman–Crippen LogP) is 0.478. The molecule has 2 aromatic heterocycles. The Morgan fingerprint density at radius 3 is 2.90 bits per heavy atom. The summed E-state index contributed by atoms with van der Waals surface area (Å²) in [5, 5.41) is 11.2. The number of nitrogens with zero attached hydrogens (tertiary/aromatic N) is 5. The summed E-state index contributed by atoms with van der Waals surface area (Å²) in [7, 11) is 3.18. The van der Waals surface area contributed by atoms with E-state index in [1.165, 1.54) is 7.11 Å². The third kappa shape index (κ3) is 3.78. The third-order valence-electron chi connectivity index (χ3n) is 2.86. The van der Waals surface area contributed by atoms with E-state index in [1.807, 2.05) is 11.5 Å². The summed E-state index contributed by atoms with van der Waals surface area (Å²) in [4.78, 5) is 8.05. The Morgan fingerprint density at radius 2 is 2.19 bits per heavy atom. The lowest BCUT2D eigenvalue weighted by molar-refractivity contribution is 0.186. The van der Waals surface area contributed by atoms with Crippen molar-refractivity contribution in [2.24, 2.45) is 0 Å². The number of aromatic nitrogens is 5. The number of nitrogen functional groups attached to an aromatic ring is 1. The van der Waals surface area contributed by atoms with Crippen LogP contribution in [0.4, 0.5) is 11.8 Å². The molecule has 1 atom stereocenters. The van der Waals surface area contributed by atoms with Crippen molar-refractivity contribution in [1.82, 2.24) is 24.7 Å². The zero-order valence-corrected chi connectivity index (χ0v) is 12.3. The molecule has 0 saturated heterocycles. The van der Waals surface area contributed by atoms with E-state index in [-0.39, 0.29) is 12.0 Å². The minimum absolute atomic E-state index is 0.108. The second kappa shape index (κ2) is 6.84. The van der Waals surface area contributed by atoms with Gasteiger partial charge in [0.1, 0.15) is 12.1 Å². The van der Waals surface area contributed by atoms with Crippen LogP contribution in [0.2, 0.25) is 0 Å². The molecule has 0 radical (unpaired) electrons. The molecule has 0 saturated carbocycles. The number of rotatable bonds is 7. The summed E-state index contributed by atoms with van der Waals surface area (Å²) in [5.74, 6) is 1.89. The van der Waals surface area contributed by atoms with E-state index in [1.54, 1.807) is 19.5 Å². The normalized spacial score (nSPS) is 12.1. The zero-order chi connectivity index (χ0) is 15.2. The number of nitrogens with two attached hydrogens (primary N) is 1.